The molecule has 1 aromatic heterocycles. The van der Waals surface area contributed by atoms with Crippen LogP contribution in [0.1, 0.15) is 24.0 Å². The number of nitrogens with zero attached hydrogens (tertiary/aromatic N) is 4. The Morgan fingerprint density at radius 2 is 2.62 bits per heavy atom. The van der Waals surface area contributed by atoms with E-state index in [1.807, 2.05) is 6.07 Å². The third kappa shape index (κ3) is 2.52. The molecule has 0 fully saturated rings. The van der Waals surface area contributed by atoms with Gasteiger partial charge in [0.15, 0.2) is 0 Å². The third-order valence-electron chi connectivity index (χ3n) is 1.32. The highest BCUT2D eigenvalue weighted by molar-refractivity contribution is 5.90. The molecule has 7 heteroatoms. The molecule has 1 rings (SSSR count). The van der Waals surface area contributed by atoms with Crippen molar-refractivity contribution in [2.45, 2.75) is 19.4 Å². The van der Waals surface area contributed by atoms with E-state index in [9.17, 15) is 4.79 Å². The number of H-pyrrole nitrogens is 1. The number of rotatable bonds is 3. The highest BCUT2D eigenvalue weighted by atomic mass is 16.2. The maximum absolute atomic E-state index is 11.2. The van der Waals surface area contributed by atoms with Crippen molar-refractivity contribution in [1.29, 1.82) is 5.26 Å². The summed E-state index contributed by atoms with van der Waals surface area (Å²) in [4.78, 5) is 11.2. The van der Waals surface area contributed by atoms with Gasteiger partial charge in [0.05, 0.1) is 12.5 Å². The zero-order chi connectivity index (χ0) is 9.68. The first-order chi connectivity index (χ1) is 6.24. The van der Waals surface area contributed by atoms with Crippen molar-refractivity contribution in [2.75, 3.05) is 0 Å². The van der Waals surface area contributed by atoms with Crippen molar-refractivity contribution in [3.63, 3.8) is 0 Å². The Labute approximate surface area is 74.1 Å². The standard InChI is InChI=1S/C6H8N6O/c1-4(2-3-7)8-6(13)5-9-11-12-10-5/h4H,2H2,1H3,(H,8,13)(H,9,10,11,12). The lowest BCUT2D eigenvalue weighted by Crippen LogP contribution is -2.32. The molecule has 0 radical (unpaired) electrons. The van der Waals surface area contributed by atoms with Gasteiger partial charge in [-0.3, -0.25) is 4.79 Å². The minimum Gasteiger partial charge on any atom is -0.346 e. The molecule has 2 N–H and O–H groups in total. The highest BCUT2D eigenvalue weighted by Gasteiger charge is 2.12. The van der Waals surface area contributed by atoms with Crippen LogP contribution in [0, 0.1) is 11.3 Å². The van der Waals surface area contributed by atoms with Crippen LogP contribution in [-0.4, -0.2) is 32.6 Å². The summed E-state index contributed by atoms with van der Waals surface area (Å²) in [6, 6.07) is 1.73. The van der Waals surface area contributed by atoms with Gasteiger partial charge in [-0.15, -0.1) is 10.2 Å². The fraction of sp³-hybridized carbons (Fsp3) is 0.500. The van der Waals surface area contributed by atoms with Gasteiger partial charge < -0.3 is 5.32 Å². The molecule has 1 aromatic rings. The van der Waals surface area contributed by atoms with Crippen LogP contribution >= 0.6 is 0 Å². The van der Waals surface area contributed by atoms with Gasteiger partial charge >= 0.3 is 0 Å². The maximum Gasteiger partial charge on any atom is 0.293 e. The van der Waals surface area contributed by atoms with Crippen molar-refractivity contribution in [3.8, 4) is 6.07 Å². The lowest BCUT2D eigenvalue weighted by Gasteiger charge is -2.06. The quantitative estimate of drug-likeness (QED) is 0.635. The van der Waals surface area contributed by atoms with Crippen LogP contribution in [0.4, 0.5) is 0 Å². The molecule has 0 aliphatic heterocycles. The number of hydrogen-bond acceptors (Lipinski definition) is 5. The van der Waals surface area contributed by atoms with E-state index < -0.39 is 5.91 Å². The number of nitrogens with one attached hydrogen (secondary N) is 2. The fourth-order valence-corrected chi connectivity index (χ4v) is 0.734. The minimum absolute atomic E-state index is 0.0233. The number of aromatic nitrogens is 4. The summed E-state index contributed by atoms with van der Waals surface area (Å²) in [5.74, 6) is -0.457. The molecule has 68 valence electrons. The van der Waals surface area contributed by atoms with E-state index in [-0.39, 0.29) is 18.3 Å². The normalized spacial score (nSPS) is 11.7. The summed E-state index contributed by atoms with van der Waals surface area (Å²) >= 11 is 0. The summed E-state index contributed by atoms with van der Waals surface area (Å²) in [6.45, 7) is 1.72. The van der Waals surface area contributed by atoms with E-state index in [1.54, 1.807) is 6.92 Å². The number of nitriles is 1. The largest absolute Gasteiger partial charge is 0.346 e. The van der Waals surface area contributed by atoms with Crippen LogP contribution in [0.5, 0.6) is 0 Å². The third-order valence-corrected chi connectivity index (χ3v) is 1.32. The van der Waals surface area contributed by atoms with E-state index in [0.29, 0.717) is 0 Å². The smallest absolute Gasteiger partial charge is 0.293 e. The Bertz CT molecular complexity index is 312. The number of carbonyl (C=O) groups is 1. The number of tetrazole rings is 1. The van der Waals surface area contributed by atoms with Gasteiger partial charge in [0, 0.05) is 6.04 Å². The molecule has 0 saturated carbocycles. The molecule has 1 unspecified atom stereocenters. The summed E-state index contributed by atoms with van der Waals surface area (Å²) in [5.41, 5.74) is 0. The second kappa shape index (κ2) is 4.15. The molecule has 1 atom stereocenters. The Hall–Kier alpha value is -1.97. The average molecular weight is 180 g/mol. The van der Waals surface area contributed by atoms with Crippen LogP contribution in [-0.2, 0) is 0 Å². The predicted octanol–water partition coefficient (Wildman–Crippen LogP) is -0.768. The van der Waals surface area contributed by atoms with Crippen molar-refractivity contribution in [3.05, 3.63) is 5.82 Å². The molecule has 0 bridgehead atoms. The molecule has 1 amide bonds. The molecular formula is C6H8N6O. The van der Waals surface area contributed by atoms with Gasteiger partial charge in [-0.25, -0.2) is 0 Å². The highest BCUT2D eigenvalue weighted by Crippen LogP contribution is 1.90. The number of hydrogen-bond donors (Lipinski definition) is 2. The second-order valence-corrected chi connectivity index (χ2v) is 2.47. The van der Waals surface area contributed by atoms with E-state index in [2.05, 4.69) is 25.9 Å². The Kier molecular flexibility index (Phi) is 2.92. The zero-order valence-electron chi connectivity index (χ0n) is 6.98. The van der Waals surface area contributed by atoms with Crippen molar-refractivity contribution < 1.29 is 4.79 Å². The molecule has 0 spiro atoms. The van der Waals surface area contributed by atoms with Crippen LogP contribution in [0.15, 0.2) is 0 Å². The Morgan fingerprint density at radius 3 is 3.15 bits per heavy atom. The van der Waals surface area contributed by atoms with Crippen LogP contribution in [0.3, 0.4) is 0 Å². The predicted molar refractivity (Wildman–Crippen MR) is 41.3 cm³/mol. The van der Waals surface area contributed by atoms with E-state index in [0.717, 1.165) is 0 Å². The van der Waals surface area contributed by atoms with Crippen LogP contribution < -0.4 is 5.32 Å². The first kappa shape index (κ1) is 9.12. The molecule has 7 nitrogen and oxygen atoms in total. The van der Waals surface area contributed by atoms with E-state index in [1.165, 1.54) is 0 Å². The summed E-state index contributed by atoms with van der Waals surface area (Å²) in [7, 11) is 0. The molecule has 0 aromatic carbocycles. The Balaban J connectivity index is 2.48. The van der Waals surface area contributed by atoms with Gasteiger partial charge in [-0.1, -0.05) is 0 Å². The lowest BCUT2D eigenvalue weighted by atomic mass is 10.2. The Morgan fingerprint density at radius 1 is 1.85 bits per heavy atom. The molecular weight excluding hydrogens is 172 g/mol. The molecule has 13 heavy (non-hydrogen) atoms. The van der Waals surface area contributed by atoms with Crippen molar-refractivity contribution in [1.82, 2.24) is 25.9 Å². The summed E-state index contributed by atoms with van der Waals surface area (Å²) in [6.07, 6.45) is 0.254. The van der Waals surface area contributed by atoms with Gasteiger partial charge in [-0.05, 0) is 12.1 Å². The summed E-state index contributed by atoms with van der Waals surface area (Å²) in [5, 5.41) is 23.2. The van der Waals surface area contributed by atoms with E-state index in [4.69, 9.17) is 5.26 Å². The van der Waals surface area contributed by atoms with Gasteiger partial charge in [-0.2, -0.15) is 10.5 Å². The zero-order valence-corrected chi connectivity index (χ0v) is 6.98. The lowest BCUT2D eigenvalue weighted by molar-refractivity contribution is 0.0930. The van der Waals surface area contributed by atoms with E-state index >= 15 is 0 Å². The van der Waals surface area contributed by atoms with Crippen LogP contribution in [0.25, 0.3) is 0 Å². The monoisotopic (exact) mass is 180 g/mol. The van der Waals surface area contributed by atoms with Crippen molar-refractivity contribution in [2.24, 2.45) is 0 Å². The number of amides is 1. The molecule has 0 aliphatic rings. The topological polar surface area (TPSA) is 107 Å². The first-order valence-electron chi connectivity index (χ1n) is 3.65. The molecule has 0 saturated heterocycles. The SMILES string of the molecule is CC(CC#N)NC(=O)c1nn[nH]n1. The maximum atomic E-state index is 11.2. The number of carbonyl (C=O) groups excluding carboxylic acids is 1. The minimum atomic E-state index is -0.434. The van der Waals surface area contributed by atoms with Gasteiger partial charge in [0.25, 0.3) is 11.7 Å². The van der Waals surface area contributed by atoms with Crippen molar-refractivity contribution >= 4 is 5.91 Å². The number of aromatic amines is 1. The molecule has 0 aliphatic carbocycles. The molecule has 1 heterocycles. The second-order valence-electron chi connectivity index (χ2n) is 2.47. The summed E-state index contributed by atoms with van der Waals surface area (Å²) < 4.78 is 0. The fourth-order valence-electron chi connectivity index (χ4n) is 0.734. The average Bonchev–Trinajstić information content (AvgIpc) is 2.55. The van der Waals surface area contributed by atoms with Gasteiger partial charge in [0.1, 0.15) is 0 Å². The first-order valence-corrected chi connectivity index (χ1v) is 3.65. The van der Waals surface area contributed by atoms with Crippen LogP contribution in [0.2, 0.25) is 0 Å². The van der Waals surface area contributed by atoms with Gasteiger partial charge in [0.2, 0.25) is 0 Å².